The number of rotatable bonds is 5. The Bertz CT molecular complexity index is 1690. The number of para-hydroxylation sites is 1. The third-order valence-electron chi connectivity index (χ3n) is 7.07. The summed E-state index contributed by atoms with van der Waals surface area (Å²) < 4.78 is 0. The van der Waals surface area contributed by atoms with Gasteiger partial charge >= 0.3 is 0 Å². The number of nitrogens with one attached hydrogen (secondary N) is 2. The van der Waals surface area contributed by atoms with E-state index < -0.39 is 0 Å². The Hall–Kier alpha value is -4.30. The summed E-state index contributed by atoms with van der Waals surface area (Å²) in [7, 11) is 0. The molecule has 2 heterocycles. The molecule has 7 nitrogen and oxygen atoms in total. The number of hydrogen-bond donors (Lipinski definition) is 3. The smallest absolute Gasteiger partial charge is 0.283 e. The Labute approximate surface area is 250 Å². The van der Waals surface area contributed by atoms with Gasteiger partial charge in [0, 0.05) is 28.5 Å². The fourth-order valence-electron chi connectivity index (χ4n) is 4.89. The Morgan fingerprint density at radius 3 is 2.29 bits per heavy atom. The van der Waals surface area contributed by atoms with Gasteiger partial charge in [-0.1, -0.05) is 77.6 Å². The number of aromatic hydroxyl groups is 1. The van der Waals surface area contributed by atoms with Crippen LogP contribution in [0.5, 0.6) is 5.75 Å². The molecule has 1 aromatic heterocycles. The largest absolute Gasteiger partial charge is 0.507 e. The third-order valence-corrected chi connectivity index (χ3v) is 8.01. The molecule has 8 heteroatoms. The fourth-order valence-corrected chi connectivity index (χ4v) is 5.70. The van der Waals surface area contributed by atoms with Crippen molar-refractivity contribution in [3.8, 4) is 5.75 Å². The number of aliphatic imine (C=N–C) groups is 1. The second kappa shape index (κ2) is 11.2. The summed E-state index contributed by atoms with van der Waals surface area (Å²) in [6.07, 6.45) is 3.62. The highest BCUT2D eigenvalue weighted by atomic mass is 32.2. The van der Waals surface area contributed by atoms with E-state index in [1.54, 1.807) is 11.0 Å². The maximum atomic E-state index is 13.8. The zero-order valence-corrected chi connectivity index (χ0v) is 25.6. The van der Waals surface area contributed by atoms with Crippen molar-refractivity contribution in [1.82, 2.24) is 4.98 Å². The van der Waals surface area contributed by atoms with Crippen molar-refractivity contribution in [2.45, 2.75) is 52.4 Å². The molecule has 0 spiro atoms. The van der Waals surface area contributed by atoms with Crippen molar-refractivity contribution in [3.63, 3.8) is 0 Å². The number of thioether (sulfide) groups is 1. The number of benzene rings is 3. The van der Waals surface area contributed by atoms with Crippen LogP contribution in [0, 0.1) is 0 Å². The van der Waals surface area contributed by atoms with Crippen molar-refractivity contribution in [2.75, 3.05) is 16.0 Å². The van der Waals surface area contributed by atoms with Gasteiger partial charge in [-0.15, -0.1) is 0 Å². The number of hydrogen-bond acceptors (Lipinski definition) is 5. The van der Waals surface area contributed by atoms with E-state index in [4.69, 9.17) is 4.99 Å². The molecular weight excluding hydrogens is 544 g/mol. The Morgan fingerprint density at radius 1 is 0.976 bits per heavy atom. The average Bonchev–Trinajstić information content (AvgIpc) is 3.51. The van der Waals surface area contributed by atoms with Crippen molar-refractivity contribution in [1.29, 1.82) is 0 Å². The van der Waals surface area contributed by atoms with Crippen LogP contribution in [0.1, 0.15) is 58.2 Å². The van der Waals surface area contributed by atoms with Crippen molar-refractivity contribution >= 4 is 57.1 Å². The van der Waals surface area contributed by atoms with E-state index in [9.17, 15) is 14.7 Å². The van der Waals surface area contributed by atoms with Gasteiger partial charge in [0.1, 0.15) is 11.4 Å². The van der Waals surface area contributed by atoms with E-state index in [2.05, 4.69) is 51.8 Å². The van der Waals surface area contributed by atoms with Crippen LogP contribution in [0.2, 0.25) is 0 Å². The zero-order chi connectivity index (χ0) is 30.2. The summed E-state index contributed by atoms with van der Waals surface area (Å²) in [4.78, 5) is 36.1. The molecule has 0 atom stereocenters. The summed E-state index contributed by atoms with van der Waals surface area (Å²) >= 11 is 1.21. The molecule has 0 saturated heterocycles. The minimum atomic E-state index is -0.308. The second-order valence-electron chi connectivity index (χ2n) is 12.5. The number of aromatic amines is 1. The number of amides is 2. The lowest BCUT2D eigenvalue weighted by atomic mass is 9.78. The average molecular weight is 581 g/mol. The van der Waals surface area contributed by atoms with E-state index in [-0.39, 0.29) is 39.8 Å². The molecule has 2 amide bonds. The molecule has 0 saturated carbocycles. The monoisotopic (exact) mass is 580 g/mol. The quantitative estimate of drug-likeness (QED) is 0.212. The third kappa shape index (κ3) is 6.14. The number of H-pyrrole nitrogens is 1. The molecule has 0 unspecified atom stereocenters. The zero-order valence-electron chi connectivity index (χ0n) is 24.8. The van der Waals surface area contributed by atoms with E-state index in [1.165, 1.54) is 11.8 Å². The van der Waals surface area contributed by atoms with Crippen LogP contribution in [0.15, 0.2) is 83.6 Å². The molecule has 216 valence electrons. The van der Waals surface area contributed by atoms with Gasteiger partial charge in [-0.25, -0.2) is 4.99 Å². The topological polar surface area (TPSA) is 97.8 Å². The molecule has 0 fully saturated rings. The Balaban J connectivity index is 1.46. The lowest BCUT2D eigenvalue weighted by molar-refractivity contribution is -0.114. The van der Waals surface area contributed by atoms with Crippen molar-refractivity contribution < 1.29 is 14.7 Å². The number of fused-ring (bicyclic) bond motifs is 1. The molecule has 3 aromatic carbocycles. The number of aromatic nitrogens is 1. The summed E-state index contributed by atoms with van der Waals surface area (Å²) in [5.41, 5.74) is 4.35. The molecule has 0 bridgehead atoms. The number of phenolic OH excluding ortho intramolecular Hbond substituents is 1. The summed E-state index contributed by atoms with van der Waals surface area (Å²) in [6, 6.07) is 20.8. The van der Waals surface area contributed by atoms with Crippen LogP contribution in [-0.4, -0.2) is 32.8 Å². The second-order valence-corrected chi connectivity index (χ2v) is 13.4. The van der Waals surface area contributed by atoms with Gasteiger partial charge in [0.15, 0.2) is 5.17 Å². The van der Waals surface area contributed by atoms with Crippen LogP contribution >= 0.6 is 11.8 Å². The maximum absolute atomic E-state index is 13.8. The molecule has 5 rings (SSSR count). The highest BCUT2D eigenvalue weighted by molar-refractivity contribution is 8.14. The first kappa shape index (κ1) is 29.2. The van der Waals surface area contributed by atoms with Crippen LogP contribution < -0.4 is 10.2 Å². The molecule has 3 N–H and O–H groups in total. The van der Waals surface area contributed by atoms with E-state index in [0.717, 1.165) is 27.6 Å². The van der Waals surface area contributed by atoms with Crippen molar-refractivity contribution in [3.05, 3.63) is 95.3 Å². The molecule has 0 radical (unpaired) electrons. The first-order valence-electron chi connectivity index (χ1n) is 13.9. The number of phenols is 1. The van der Waals surface area contributed by atoms with Gasteiger partial charge in [-0.3, -0.25) is 14.5 Å². The maximum Gasteiger partial charge on any atom is 0.283 e. The Morgan fingerprint density at radius 2 is 1.64 bits per heavy atom. The van der Waals surface area contributed by atoms with E-state index in [1.807, 2.05) is 72.9 Å². The normalized spacial score (nSPS) is 15.0. The van der Waals surface area contributed by atoms with Crippen molar-refractivity contribution in [2.24, 2.45) is 4.99 Å². The van der Waals surface area contributed by atoms with Gasteiger partial charge in [0.25, 0.3) is 5.91 Å². The van der Waals surface area contributed by atoms with Gasteiger partial charge in [0.2, 0.25) is 5.91 Å². The van der Waals surface area contributed by atoms with Crippen LogP contribution in [0.3, 0.4) is 0 Å². The first-order valence-corrected chi connectivity index (χ1v) is 14.9. The van der Waals surface area contributed by atoms with Crippen LogP contribution in [0.4, 0.5) is 11.4 Å². The predicted molar refractivity (Wildman–Crippen MR) is 174 cm³/mol. The van der Waals surface area contributed by atoms with E-state index >= 15 is 0 Å². The predicted octanol–water partition coefficient (Wildman–Crippen LogP) is 7.58. The lowest BCUT2D eigenvalue weighted by Gasteiger charge is -2.28. The number of carbonyl (C=O) groups is 2. The van der Waals surface area contributed by atoms with Gasteiger partial charge in [-0.2, -0.15) is 0 Å². The first-order chi connectivity index (χ1) is 19.8. The standard InChI is InChI=1S/C34H36N4O3S/c1-33(2,3)25-16-21(17-26(30(25)40)34(4,5)6)18-28-31(41)38(24-10-8-7-9-11-24)32(37-28)42-20-29(39)36-23-13-12-22-14-15-35-27(22)19-23/h7-19,35,40H,20H2,1-6H3,(H,36,39)/b28-18+. The van der Waals surface area contributed by atoms with Gasteiger partial charge in [-0.05, 0) is 70.3 Å². The molecule has 1 aliphatic rings. The molecular formula is C34H36N4O3S. The van der Waals surface area contributed by atoms with Crippen LogP contribution in [-0.2, 0) is 20.4 Å². The minimum absolute atomic E-state index is 0.0764. The minimum Gasteiger partial charge on any atom is -0.507 e. The molecule has 42 heavy (non-hydrogen) atoms. The number of nitrogens with zero attached hydrogens (tertiary/aromatic N) is 2. The molecule has 1 aliphatic heterocycles. The number of carbonyl (C=O) groups excluding carboxylic acids is 2. The number of anilines is 2. The highest BCUT2D eigenvalue weighted by Gasteiger charge is 2.33. The van der Waals surface area contributed by atoms with Gasteiger partial charge in [0.05, 0.1) is 11.4 Å². The highest BCUT2D eigenvalue weighted by Crippen LogP contribution is 2.40. The number of amidine groups is 1. The Kier molecular flexibility index (Phi) is 7.77. The summed E-state index contributed by atoms with van der Waals surface area (Å²) in [5, 5.41) is 15.6. The van der Waals surface area contributed by atoms with Crippen LogP contribution in [0.25, 0.3) is 17.0 Å². The molecule has 0 aliphatic carbocycles. The summed E-state index contributed by atoms with van der Waals surface area (Å²) in [6.45, 7) is 12.3. The summed E-state index contributed by atoms with van der Waals surface area (Å²) in [5.74, 6) is -0.117. The molecule has 4 aromatic rings. The van der Waals surface area contributed by atoms with E-state index in [0.29, 0.717) is 16.5 Å². The van der Waals surface area contributed by atoms with Gasteiger partial charge < -0.3 is 15.4 Å². The SMILES string of the molecule is CC(C)(C)c1cc(/C=C2/N=C(SCC(=O)Nc3ccc4cc[nH]c4c3)N(c3ccccc3)C2=O)cc(C(C)(C)C)c1O. The lowest BCUT2D eigenvalue weighted by Crippen LogP contribution is -2.31. The fraction of sp³-hybridized carbons (Fsp3) is 0.265.